The maximum Gasteiger partial charge on any atom is 0.246 e. The molecule has 2 aromatic rings. The van der Waals surface area contributed by atoms with E-state index in [0.717, 1.165) is 11.3 Å². The maximum atomic E-state index is 12.2. The van der Waals surface area contributed by atoms with Crippen LogP contribution < -0.4 is 15.8 Å². The number of hydrogen-bond acceptors (Lipinski definition) is 4. The fraction of sp³-hybridized carbons (Fsp3) is 0.188. The Balaban J connectivity index is 2.02. The molecule has 8 heteroatoms. The number of nitrogens with two attached hydrogens (primary N) is 1. The van der Waals surface area contributed by atoms with Crippen molar-refractivity contribution in [2.24, 2.45) is 5.14 Å². The highest BCUT2D eigenvalue weighted by Gasteiger charge is 2.14. The van der Waals surface area contributed by atoms with E-state index < -0.39 is 16.1 Å². The second-order valence-corrected chi connectivity index (χ2v) is 7.36. The molecule has 0 spiro atoms. The molecule has 1 amide bonds. The van der Waals surface area contributed by atoms with Gasteiger partial charge in [-0.25, -0.2) is 13.6 Å². The Morgan fingerprint density at radius 1 is 1.12 bits per heavy atom. The van der Waals surface area contributed by atoms with E-state index in [0.29, 0.717) is 10.7 Å². The molecule has 6 nitrogen and oxygen atoms in total. The van der Waals surface area contributed by atoms with Crippen molar-refractivity contribution >= 4 is 38.9 Å². The van der Waals surface area contributed by atoms with Crippen LogP contribution in [0.4, 0.5) is 11.4 Å². The highest BCUT2D eigenvalue weighted by Crippen LogP contribution is 2.21. The van der Waals surface area contributed by atoms with Crippen molar-refractivity contribution in [2.45, 2.75) is 24.8 Å². The van der Waals surface area contributed by atoms with E-state index in [4.69, 9.17) is 16.7 Å². The molecule has 128 valence electrons. The van der Waals surface area contributed by atoms with Crippen molar-refractivity contribution in [2.75, 3.05) is 10.6 Å². The first kappa shape index (κ1) is 18.3. The molecule has 0 aliphatic rings. The summed E-state index contributed by atoms with van der Waals surface area (Å²) >= 11 is 6.06. The molecule has 4 N–H and O–H groups in total. The van der Waals surface area contributed by atoms with Gasteiger partial charge in [0.05, 0.1) is 4.90 Å². The third-order valence-electron chi connectivity index (χ3n) is 3.40. The van der Waals surface area contributed by atoms with Gasteiger partial charge < -0.3 is 10.6 Å². The predicted molar refractivity (Wildman–Crippen MR) is 95.7 cm³/mol. The van der Waals surface area contributed by atoms with E-state index in [2.05, 4.69) is 10.6 Å². The smallest absolute Gasteiger partial charge is 0.246 e. The quantitative estimate of drug-likeness (QED) is 0.756. The first-order valence-corrected chi connectivity index (χ1v) is 9.05. The van der Waals surface area contributed by atoms with Crippen LogP contribution in [0, 0.1) is 6.92 Å². The Hall–Kier alpha value is -2.09. The summed E-state index contributed by atoms with van der Waals surface area (Å²) in [6.45, 7) is 3.61. The van der Waals surface area contributed by atoms with Crippen LogP contribution >= 0.6 is 11.6 Å². The van der Waals surface area contributed by atoms with Crippen molar-refractivity contribution in [1.29, 1.82) is 0 Å². The number of benzene rings is 2. The minimum absolute atomic E-state index is 0.0130. The van der Waals surface area contributed by atoms with Crippen LogP contribution in [0.25, 0.3) is 0 Å². The Labute approximate surface area is 146 Å². The lowest BCUT2D eigenvalue weighted by atomic mass is 10.2. The molecular weight excluding hydrogens is 350 g/mol. The Morgan fingerprint density at radius 2 is 1.71 bits per heavy atom. The molecule has 0 saturated carbocycles. The summed E-state index contributed by atoms with van der Waals surface area (Å²) in [5.41, 5.74) is 2.16. The largest absolute Gasteiger partial charge is 0.374 e. The third-order valence-corrected chi connectivity index (χ3v) is 4.74. The van der Waals surface area contributed by atoms with Gasteiger partial charge >= 0.3 is 0 Å². The zero-order valence-corrected chi connectivity index (χ0v) is 14.8. The number of amides is 1. The lowest BCUT2D eigenvalue weighted by molar-refractivity contribution is -0.116. The molecule has 0 aromatic heterocycles. The Kier molecular flexibility index (Phi) is 5.48. The van der Waals surface area contributed by atoms with Gasteiger partial charge in [0.25, 0.3) is 0 Å². The molecule has 0 bridgehead atoms. The van der Waals surface area contributed by atoms with Crippen LogP contribution in [0.3, 0.4) is 0 Å². The molecule has 0 saturated heterocycles. The fourth-order valence-electron chi connectivity index (χ4n) is 1.98. The van der Waals surface area contributed by atoms with E-state index in [1.165, 1.54) is 24.3 Å². The van der Waals surface area contributed by atoms with Crippen LogP contribution in [0.2, 0.25) is 5.02 Å². The van der Waals surface area contributed by atoms with E-state index >= 15 is 0 Å². The molecular formula is C16H18ClN3O3S. The number of carbonyl (C=O) groups excluding carboxylic acids is 1. The van der Waals surface area contributed by atoms with E-state index in [1.807, 2.05) is 19.1 Å². The second-order valence-electron chi connectivity index (χ2n) is 5.39. The zero-order chi connectivity index (χ0) is 17.9. The standard InChI is InChI=1S/C16H18ClN3O3S/c1-10-3-4-13(9-15(10)17)19-11(2)16(21)20-12-5-7-14(8-6-12)24(18,22)23/h3-9,11,19H,1-2H3,(H,20,21)(H2,18,22,23). The first-order valence-electron chi connectivity index (χ1n) is 7.13. The SMILES string of the molecule is Cc1ccc(NC(C)C(=O)Nc2ccc(S(N)(=O)=O)cc2)cc1Cl. The van der Waals surface area contributed by atoms with E-state index in [-0.39, 0.29) is 10.8 Å². The fourth-order valence-corrected chi connectivity index (χ4v) is 2.67. The number of rotatable bonds is 5. The zero-order valence-electron chi connectivity index (χ0n) is 13.2. The van der Waals surface area contributed by atoms with Gasteiger partial charge in [-0.3, -0.25) is 4.79 Å². The van der Waals surface area contributed by atoms with Gasteiger partial charge in [-0.05, 0) is 55.8 Å². The molecule has 1 unspecified atom stereocenters. The van der Waals surface area contributed by atoms with Crippen LogP contribution in [-0.2, 0) is 14.8 Å². The number of nitrogens with one attached hydrogen (secondary N) is 2. The average Bonchev–Trinajstić information content (AvgIpc) is 2.50. The molecule has 0 heterocycles. The predicted octanol–water partition coefficient (Wildman–Crippen LogP) is 2.73. The molecule has 2 rings (SSSR count). The summed E-state index contributed by atoms with van der Waals surface area (Å²) < 4.78 is 22.4. The summed E-state index contributed by atoms with van der Waals surface area (Å²) in [5.74, 6) is -0.268. The summed E-state index contributed by atoms with van der Waals surface area (Å²) in [6, 6.07) is 10.6. The van der Waals surface area contributed by atoms with Gasteiger partial charge in [0.2, 0.25) is 15.9 Å². The maximum absolute atomic E-state index is 12.2. The number of hydrogen-bond donors (Lipinski definition) is 3. The molecule has 24 heavy (non-hydrogen) atoms. The Bertz CT molecular complexity index is 851. The highest BCUT2D eigenvalue weighted by molar-refractivity contribution is 7.89. The third kappa shape index (κ3) is 4.70. The van der Waals surface area contributed by atoms with Crippen LogP contribution in [0.15, 0.2) is 47.4 Å². The van der Waals surface area contributed by atoms with Crippen molar-refractivity contribution < 1.29 is 13.2 Å². The van der Waals surface area contributed by atoms with Gasteiger partial charge in [-0.2, -0.15) is 0 Å². The van der Waals surface area contributed by atoms with Crippen LogP contribution in [0.1, 0.15) is 12.5 Å². The second kappa shape index (κ2) is 7.21. The molecule has 2 aromatic carbocycles. The molecule has 0 aliphatic heterocycles. The minimum atomic E-state index is -3.75. The summed E-state index contributed by atoms with van der Waals surface area (Å²) in [7, 11) is -3.75. The van der Waals surface area contributed by atoms with Gasteiger partial charge in [0.1, 0.15) is 6.04 Å². The number of anilines is 2. The number of halogens is 1. The van der Waals surface area contributed by atoms with Crippen molar-refractivity contribution in [1.82, 2.24) is 0 Å². The van der Waals surface area contributed by atoms with Crippen LogP contribution in [0.5, 0.6) is 0 Å². The van der Waals surface area contributed by atoms with Gasteiger partial charge in [-0.15, -0.1) is 0 Å². The van der Waals surface area contributed by atoms with E-state index in [1.54, 1.807) is 13.0 Å². The number of primary sulfonamides is 1. The number of sulfonamides is 1. The summed E-state index contributed by atoms with van der Waals surface area (Å²) in [6.07, 6.45) is 0. The summed E-state index contributed by atoms with van der Waals surface area (Å²) in [5, 5.41) is 11.4. The molecule has 0 fully saturated rings. The van der Waals surface area contributed by atoms with Crippen molar-refractivity contribution in [3.63, 3.8) is 0 Å². The average molecular weight is 368 g/mol. The van der Waals surface area contributed by atoms with Gasteiger partial charge in [-0.1, -0.05) is 17.7 Å². The van der Waals surface area contributed by atoms with Crippen molar-refractivity contribution in [3.8, 4) is 0 Å². The van der Waals surface area contributed by atoms with Gasteiger partial charge in [0.15, 0.2) is 0 Å². The minimum Gasteiger partial charge on any atom is -0.374 e. The lowest BCUT2D eigenvalue weighted by Crippen LogP contribution is -2.31. The topological polar surface area (TPSA) is 101 Å². The molecule has 0 aliphatic carbocycles. The van der Waals surface area contributed by atoms with E-state index in [9.17, 15) is 13.2 Å². The first-order chi connectivity index (χ1) is 11.2. The summed E-state index contributed by atoms with van der Waals surface area (Å²) in [4.78, 5) is 12.2. The molecule has 0 radical (unpaired) electrons. The molecule has 1 atom stereocenters. The van der Waals surface area contributed by atoms with Crippen molar-refractivity contribution in [3.05, 3.63) is 53.1 Å². The number of aryl methyl sites for hydroxylation is 1. The van der Waals surface area contributed by atoms with Gasteiger partial charge in [0, 0.05) is 16.4 Å². The van der Waals surface area contributed by atoms with Crippen LogP contribution in [-0.4, -0.2) is 20.4 Å². The highest BCUT2D eigenvalue weighted by atomic mass is 35.5. The number of carbonyl (C=O) groups is 1. The lowest BCUT2D eigenvalue weighted by Gasteiger charge is -2.16. The Morgan fingerprint density at radius 3 is 2.25 bits per heavy atom. The monoisotopic (exact) mass is 367 g/mol. The normalized spacial score (nSPS) is 12.5.